The van der Waals surface area contributed by atoms with Crippen LogP contribution >= 0.6 is 0 Å². The molecule has 1 heterocycles. The van der Waals surface area contributed by atoms with Gasteiger partial charge in [0.05, 0.1) is 5.92 Å². The first-order valence-corrected chi connectivity index (χ1v) is 6.40. The summed E-state index contributed by atoms with van der Waals surface area (Å²) in [6.07, 6.45) is 0.479. The molecule has 5 heteroatoms. The van der Waals surface area contributed by atoms with Gasteiger partial charge in [0.25, 0.3) is 0 Å². The van der Waals surface area contributed by atoms with Gasteiger partial charge in [-0.15, -0.1) is 0 Å². The van der Waals surface area contributed by atoms with E-state index in [2.05, 4.69) is 5.32 Å². The van der Waals surface area contributed by atoms with Gasteiger partial charge >= 0.3 is 0 Å². The van der Waals surface area contributed by atoms with E-state index in [1.54, 1.807) is 6.07 Å². The lowest BCUT2D eigenvalue weighted by atomic mass is 9.96. The van der Waals surface area contributed by atoms with Crippen LogP contribution in [0.4, 0.5) is 4.39 Å². The van der Waals surface area contributed by atoms with Crippen LogP contribution < -0.4 is 10.1 Å². The highest BCUT2D eigenvalue weighted by Crippen LogP contribution is 2.27. The van der Waals surface area contributed by atoms with Crippen molar-refractivity contribution in [1.82, 2.24) is 5.32 Å². The number of aliphatic hydroxyl groups is 1. The molecule has 1 aromatic carbocycles. The zero-order valence-corrected chi connectivity index (χ0v) is 10.9. The Labute approximate surface area is 111 Å². The van der Waals surface area contributed by atoms with Crippen LogP contribution in [0.1, 0.15) is 12.5 Å². The molecule has 1 aliphatic heterocycles. The summed E-state index contributed by atoms with van der Waals surface area (Å²) in [5.41, 5.74) is 0.724. The minimum absolute atomic E-state index is 0.0261. The number of aliphatic hydroxyl groups excluding tert-OH is 1. The highest BCUT2D eigenvalue weighted by Gasteiger charge is 2.26. The number of ether oxygens (including phenoxy) is 1. The predicted octanol–water partition coefficient (Wildman–Crippen LogP) is 1.12. The summed E-state index contributed by atoms with van der Waals surface area (Å²) in [4.78, 5) is 11.9. The van der Waals surface area contributed by atoms with Crippen molar-refractivity contribution in [2.75, 3.05) is 19.8 Å². The van der Waals surface area contributed by atoms with Crippen molar-refractivity contribution in [2.24, 2.45) is 11.8 Å². The van der Waals surface area contributed by atoms with Crippen LogP contribution in [-0.2, 0) is 11.2 Å². The quantitative estimate of drug-likeness (QED) is 0.859. The summed E-state index contributed by atoms with van der Waals surface area (Å²) in [6, 6.07) is 4.35. The Bertz CT molecular complexity index is 464. The molecule has 0 saturated heterocycles. The summed E-state index contributed by atoms with van der Waals surface area (Å²) >= 11 is 0. The molecule has 104 valence electrons. The van der Waals surface area contributed by atoms with E-state index >= 15 is 0 Å². The average molecular weight is 267 g/mol. The lowest BCUT2D eigenvalue weighted by molar-refractivity contribution is -0.126. The van der Waals surface area contributed by atoms with Crippen molar-refractivity contribution in [3.05, 3.63) is 29.6 Å². The lowest BCUT2D eigenvalue weighted by Crippen LogP contribution is -2.39. The molecule has 19 heavy (non-hydrogen) atoms. The summed E-state index contributed by atoms with van der Waals surface area (Å²) in [5, 5.41) is 11.7. The Balaban J connectivity index is 1.95. The van der Waals surface area contributed by atoms with E-state index in [0.717, 1.165) is 5.56 Å². The molecule has 2 rings (SSSR count). The number of hydrogen-bond acceptors (Lipinski definition) is 3. The maximum absolute atomic E-state index is 13.1. The van der Waals surface area contributed by atoms with Gasteiger partial charge in [-0.25, -0.2) is 4.39 Å². The normalized spacial score (nSPS) is 19.2. The van der Waals surface area contributed by atoms with Gasteiger partial charge < -0.3 is 15.2 Å². The van der Waals surface area contributed by atoms with E-state index in [-0.39, 0.29) is 30.2 Å². The molecule has 1 aromatic rings. The molecule has 2 unspecified atom stereocenters. The van der Waals surface area contributed by atoms with Gasteiger partial charge in [-0.2, -0.15) is 0 Å². The van der Waals surface area contributed by atoms with Gasteiger partial charge in [-0.05, 0) is 36.1 Å². The first-order valence-electron chi connectivity index (χ1n) is 6.40. The fourth-order valence-electron chi connectivity index (χ4n) is 2.02. The molecule has 0 spiro atoms. The molecule has 0 fully saturated rings. The van der Waals surface area contributed by atoms with Crippen LogP contribution in [-0.4, -0.2) is 30.8 Å². The smallest absolute Gasteiger partial charge is 0.226 e. The first-order chi connectivity index (χ1) is 9.10. The van der Waals surface area contributed by atoms with E-state index in [4.69, 9.17) is 9.84 Å². The Morgan fingerprint density at radius 3 is 3.16 bits per heavy atom. The predicted molar refractivity (Wildman–Crippen MR) is 68.3 cm³/mol. The Morgan fingerprint density at radius 1 is 1.63 bits per heavy atom. The Hall–Kier alpha value is -1.62. The number of halogens is 1. The third kappa shape index (κ3) is 3.44. The maximum Gasteiger partial charge on any atom is 0.226 e. The molecule has 0 saturated carbocycles. The fraction of sp³-hybridized carbons (Fsp3) is 0.500. The topological polar surface area (TPSA) is 58.6 Å². The van der Waals surface area contributed by atoms with Crippen LogP contribution in [0.2, 0.25) is 0 Å². The van der Waals surface area contributed by atoms with E-state index in [0.29, 0.717) is 25.3 Å². The summed E-state index contributed by atoms with van der Waals surface area (Å²) < 4.78 is 18.6. The molecule has 2 N–H and O–H groups in total. The molecule has 2 atom stereocenters. The van der Waals surface area contributed by atoms with Crippen LogP contribution in [0.5, 0.6) is 5.75 Å². The molecular weight excluding hydrogens is 249 g/mol. The second-order valence-corrected chi connectivity index (χ2v) is 5.00. The second-order valence-electron chi connectivity index (χ2n) is 5.00. The molecule has 0 aliphatic carbocycles. The van der Waals surface area contributed by atoms with Crippen LogP contribution in [0.3, 0.4) is 0 Å². The summed E-state index contributed by atoms with van der Waals surface area (Å²) in [5.74, 6) is -0.0694. The van der Waals surface area contributed by atoms with Crippen molar-refractivity contribution in [3.63, 3.8) is 0 Å². The standard InChI is InChI=1S/C14H18FNO3/c1-9(7-17)6-16-14(18)11-4-10-5-12(15)2-3-13(10)19-8-11/h2-3,5,9,11,17H,4,6-8H2,1H3,(H,16,18). The molecule has 0 aromatic heterocycles. The van der Waals surface area contributed by atoms with Gasteiger partial charge in [-0.1, -0.05) is 6.92 Å². The average Bonchev–Trinajstić information content (AvgIpc) is 2.43. The molecule has 1 aliphatic rings. The van der Waals surface area contributed by atoms with Crippen LogP contribution in [0, 0.1) is 17.7 Å². The number of nitrogens with one attached hydrogen (secondary N) is 1. The highest BCUT2D eigenvalue weighted by molar-refractivity contribution is 5.79. The number of benzene rings is 1. The molecule has 1 amide bonds. The van der Waals surface area contributed by atoms with Gasteiger partial charge in [-0.3, -0.25) is 4.79 Å². The van der Waals surface area contributed by atoms with E-state index in [1.807, 2.05) is 6.92 Å². The van der Waals surface area contributed by atoms with Crippen molar-refractivity contribution in [3.8, 4) is 5.75 Å². The molecular formula is C14H18FNO3. The third-order valence-corrected chi connectivity index (χ3v) is 3.24. The summed E-state index contributed by atoms with van der Waals surface area (Å²) in [6.45, 7) is 2.62. The monoisotopic (exact) mass is 267 g/mol. The van der Waals surface area contributed by atoms with Gasteiger partial charge in [0.1, 0.15) is 18.2 Å². The number of amides is 1. The fourth-order valence-corrected chi connectivity index (χ4v) is 2.02. The number of hydrogen-bond donors (Lipinski definition) is 2. The van der Waals surface area contributed by atoms with Crippen molar-refractivity contribution < 1.29 is 19.0 Å². The van der Waals surface area contributed by atoms with Crippen LogP contribution in [0.25, 0.3) is 0 Å². The van der Waals surface area contributed by atoms with E-state index in [1.165, 1.54) is 12.1 Å². The highest BCUT2D eigenvalue weighted by atomic mass is 19.1. The van der Waals surface area contributed by atoms with Gasteiger partial charge in [0.2, 0.25) is 5.91 Å². The minimum atomic E-state index is -0.322. The molecule has 0 radical (unpaired) electrons. The van der Waals surface area contributed by atoms with E-state index < -0.39 is 0 Å². The molecule has 4 nitrogen and oxygen atoms in total. The zero-order valence-electron chi connectivity index (χ0n) is 10.9. The number of fused-ring (bicyclic) bond motifs is 1. The lowest BCUT2D eigenvalue weighted by Gasteiger charge is -2.25. The maximum atomic E-state index is 13.1. The second kappa shape index (κ2) is 6.02. The van der Waals surface area contributed by atoms with Crippen molar-refractivity contribution in [1.29, 1.82) is 0 Å². The van der Waals surface area contributed by atoms with Crippen molar-refractivity contribution in [2.45, 2.75) is 13.3 Å². The SMILES string of the molecule is CC(CO)CNC(=O)C1COc2ccc(F)cc2C1. The van der Waals surface area contributed by atoms with Crippen molar-refractivity contribution >= 4 is 5.91 Å². The van der Waals surface area contributed by atoms with Crippen LogP contribution in [0.15, 0.2) is 18.2 Å². The zero-order chi connectivity index (χ0) is 13.8. The third-order valence-electron chi connectivity index (χ3n) is 3.24. The van der Waals surface area contributed by atoms with Gasteiger partial charge in [0.15, 0.2) is 0 Å². The Morgan fingerprint density at radius 2 is 2.42 bits per heavy atom. The number of rotatable bonds is 4. The number of carbonyl (C=O) groups excluding carboxylic acids is 1. The van der Waals surface area contributed by atoms with Gasteiger partial charge in [0, 0.05) is 13.2 Å². The number of carbonyl (C=O) groups is 1. The summed E-state index contributed by atoms with van der Waals surface area (Å²) in [7, 11) is 0. The molecule has 0 bridgehead atoms. The largest absolute Gasteiger partial charge is 0.492 e. The minimum Gasteiger partial charge on any atom is -0.492 e. The van der Waals surface area contributed by atoms with E-state index in [9.17, 15) is 9.18 Å². The first kappa shape index (κ1) is 13.8. The Kier molecular flexibility index (Phi) is 4.37.